The second-order valence-electron chi connectivity index (χ2n) is 12.4. The summed E-state index contributed by atoms with van der Waals surface area (Å²) in [6.45, 7) is 8.01. The number of hydrogen-bond donors (Lipinski definition) is 1. The minimum Gasteiger partial charge on any atom is -0.368 e. The molecule has 1 amide bonds. The smallest absolute Gasteiger partial charge is 0.253 e. The van der Waals surface area contributed by atoms with Gasteiger partial charge in [0.2, 0.25) is 0 Å². The van der Waals surface area contributed by atoms with Gasteiger partial charge in [0.25, 0.3) is 5.91 Å². The highest BCUT2D eigenvalue weighted by Crippen LogP contribution is 2.44. The number of thiazole rings is 1. The molecule has 3 saturated heterocycles. The normalized spacial score (nSPS) is 27.0. The number of ketones is 1. The molecule has 1 aromatic carbocycles. The number of carbonyl (C=O) groups excluding carboxylic acids is 3. The Balaban J connectivity index is 1.27. The fourth-order valence-electron chi connectivity index (χ4n) is 7.27. The molecule has 4 aliphatic rings. The SMILES string of the molecule is CC=C(C)C1CN(C(C=O)(NC(=O)c2ccc(-c3csc(N4CCN(C)CC4)n3)c(F)c2)C2CCCC2)C2C(=O)COC12. The lowest BCUT2D eigenvalue weighted by Gasteiger charge is -2.44. The number of likely N-dealkylation sites (tertiary alicyclic amines) is 1. The molecule has 4 atom stereocenters. The Kier molecular flexibility index (Phi) is 8.52. The van der Waals surface area contributed by atoms with Crippen LogP contribution < -0.4 is 10.2 Å². The lowest BCUT2D eigenvalue weighted by atomic mass is 9.88. The van der Waals surface area contributed by atoms with E-state index in [1.54, 1.807) is 12.1 Å². The number of carbonyl (C=O) groups is 3. The van der Waals surface area contributed by atoms with E-state index < -0.39 is 23.4 Å². The first-order valence-electron chi connectivity index (χ1n) is 15.3. The number of aromatic nitrogens is 1. The summed E-state index contributed by atoms with van der Waals surface area (Å²) in [6.07, 6.45) is 5.82. The number of fused-ring (bicyclic) bond motifs is 1. The number of amides is 1. The van der Waals surface area contributed by atoms with Gasteiger partial charge in [-0.15, -0.1) is 11.3 Å². The summed E-state index contributed by atoms with van der Waals surface area (Å²) < 4.78 is 21.5. The fourth-order valence-corrected chi connectivity index (χ4v) is 8.15. The first kappa shape index (κ1) is 30.1. The molecule has 4 unspecified atom stereocenters. The van der Waals surface area contributed by atoms with E-state index in [1.165, 1.54) is 17.4 Å². The summed E-state index contributed by atoms with van der Waals surface area (Å²) in [5, 5.41) is 5.73. The number of Topliss-reactive ketones (excluding diaryl/α,β-unsaturated/α-hetero) is 1. The molecule has 6 rings (SSSR count). The highest BCUT2D eigenvalue weighted by Gasteiger charge is 2.59. The molecule has 1 N–H and O–H groups in total. The second kappa shape index (κ2) is 12.2. The number of rotatable bonds is 8. The van der Waals surface area contributed by atoms with E-state index in [2.05, 4.69) is 22.2 Å². The number of ether oxygens (including phenoxy) is 1. The lowest BCUT2D eigenvalue weighted by molar-refractivity contribution is -0.131. The van der Waals surface area contributed by atoms with Crippen LogP contribution in [-0.4, -0.2) is 96.9 Å². The highest BCUT2D eigenvalue weighted by molar-refractivity contribution is 7.14. The maximum atomic E-state index is 15.5. The number of piperazine rings is 1. The molecule has 43 heavy (non-hydrogen) atoms. The molecule has 9 nitrogen and oxygen atoms in total. The largest absolute Gasteiger partial charge is 0.368 e. The monoisotopic (exact) mass is 609 g/mol. The van der Waals surface area contributed by atoms with E-state index in [0.29, 0.717) is 17.8 Å². The number of benzene rings is 1. The Morgan fingerprint density at radius 3 is 2.63 bits per heavy atom. The van der Waals surface area contributed by atoms with E-state index >= 15 is 4.39 Å². The predicted octanol–water partition coefficient (Wildman–Crippen LogP) is 3.75. The predicted molar refractivity (Wildman–Crippen MR) is 164 cm³/mol. The van der Waals surface area contributed by atoms with Gasteiger partial charge >= 0.3 is 0 Å². The first-order chi connectivity index (χ1) is 20.8. The van der Waals surface area contributed by atoms with Gasteiger partial charge in [-0.2, -0.15) is 0 Å². The third kappa shape index (κ3) is 5.45. The minimum absolute atomic E-state index is 0.00725. The number of nitrogens with one attached hydrogen (secondary N) is 1. The van der Waals surface area contributed by atoms with Crippen molar-refractivity contribution in [3.63, 3.8) is 0 Å². The Morgan fingerprint density at radius 1 is 1.21 bits per heavy atom. The number of hydrogen-bond acceptors (Lipinski definition) is 9. The van der Waals surface area contributed by atoms with Crippen molar-refractivity contribution in [3.05, 3.63) is 46.6 Å². The van der Waals surface area contributed by atoms with Gasteiger partial charge in [-0.25, -0.2) is 9.37 Å². The van der Waals surface area contributed by atoms with Crippen molar-refractivity contribution >= 4 is 34.4 Å². The summed E-state index contributed by atoms with van der Waals surface area (Å²) in [5.74, 6) is -1.41. The van der Waals surface area contributed by atoms with Gasteiger partial charge < -0.3 is 19.9 Å². The van der Waals surface area contributed by atoms with E-state index in [9.17, 15) is 14.4 Å². The van der Waals surface area contributed by atoms with E-state index in [1.807, 2.05) is 30.2 Å². The second-order valence-corrected chi connectivity index (χ2v) is 13.2. The number of anilines is 1. The molecule has 1 aromatic heterocycles. The molecule has 0 spiro atoms. The number of nitrogens with zero attached hydrogens (tertiary/aromatic N) is 4. The average Bonchev–Trinajstić information content (AvgIpc) is 3.83. The first-order valence-corrected chi connectivity index (χ1v) is 16.2. The fraction of sp³-hybridized carbons (Fsp3) is 0.562. The van der Waals surface area contributed by atoms with Gasteiger partial charge in [-0.1, -0.05) is 24.5 Å². The van der Waals surface area contributed by atoms with Crippen LogP contribution in [-0.2, 0) is 14.3 Å². The van der Waals surface area contributed by atoms with Crippen LogP contribution in [0.15, 0.2) is 35.2 Å². The zero-order valence-corrected chi connectivity index (χ0v) is 25.9. The van der Waals surface area contributed by atoms with Gasteiger partial charge in [0.05, 0.1) is 11.8 Å². The van der Waals surface area contributed by atoms with Crippen LogP contribution in [0.1, 0.15) is 49.9 Å². The van der Waals surface area contributed by atoms with Crippen molar-refractivity contribution in [2.24, 2.45) is 11.8 Å². The van der Waals surface area contributed by atoms with Gasteiger partial charge in [0, 0.05) is 61.1 Å². The van der Waals surface area contributed by atoms with Gasteiger partial charge in [-0.3, -0.25) is 19.3 Å². The molecule has 230 valence electrons. The summed E-state index contributed by atoms with van der Waals surface area (Å²) in [5.41, 5.74) is 0.659. The summed E-state index contributed by atoms with van der Waals surface area (Å²) in [6, 6.07) is 3.75. The van der Waals surface area contributed by atoms with Crippen LogP contribution in [0.5, 0.6) is 0 Å². The quantitative estimate of drug-likeness (QED) is 0.357. The van der Waals surface area contributed by atoms with Gasteiger partial charge in [-0.05, 0) is 51.9 Å². The molecule has 4 heterocycles. The van der Waals surface area contributed by atoms with Crippen LogP contribution in [0.25, 0.3) is 11.3 Å². The number of aldehydes is 1. The number of likely N-dealkylation sites (N-methyl/N-ethyl adjacent to an activating group) is 1. The molecular weight excluding hydrogens is 569 g/mol. The third-order valence-corrected chi connectivity index (χ3v) is 10.8. The molecule has 2 aromatic rings. The number of allylic oxidation sites excluding steroid dienone is 1. The summed E-state index contributed by atoms with van der Waals surface area (Å²) in [7, 11) is 2.09. The summed E-state index contributed by atoms with van der Waals surface area (Å²) >= 11 is 1.49. The average molecular weight is 610 g/mol. The zero-order valence-electron chi connectivity index (χ0n) is 25.1. The van der Waals surface area contributed by atoms with Crippen LogP contribution in [0.2, 0.25) is 0 Å². The molecule has 1 aliphatic carbocycles. The lowest BCUT2D eigenvalue weighted by Crippen LogP contribution is -2.68. The van der Waals surface area contributed by atoms with Crippen molar-refractivity contribution in [2.45, 2.75) is 57.3 Å². The Labute approximate surface area is 256 Å². The van der Waals surface area contributed by atoms with Crippen molar-refractivity contribution < 1.29 is 23.5 Å². The summed E-state index contributed by atoms with van der Waals surface area (Å²) in [4.78, 5) is 51.1. The van der Waals surface area contributed by atoms with Crippen LogP contribution >= 0.6 is 11.3 Å². The third-order valence-electron chi connectivity index (χ3n) is 9.94. The highest BCUT2D eigenvalue weighted by atomic mass is 32.1. The molecule has 0 radical (unpaired) electrons. The molecule has 1 saturated carbocycles. The van der Waals surface area contributed by atoms with E-state index in [0.717, 1.165) is 68.9 Å². The van der Waals surface area contributed by atoms with E-state index in [-0.39, 0.29) is 35.9 Å². The topological polar surface area (TPSA) is 95.1 Å². The Bertz CT molecular complexity index is 1420. The zero-order chi connectivity index (χ0) is 30.3. The molecule has 4 fully saturated rings. The molecule has 3 aliphatic heterocycles. The minimum atomic E-state index is -1.40. The van der Waals surface area contributed by atoms with E-state index in [4.69, 9.17) is 9.72 Å². The molecular formula is C32H40FN5O4S. The molecule has 0 bridgehead atoms. The Hall–Kier alpha value is -2.99. The maximum absolute atomic E-state index is 15.5. The van der Waals surface area contributed by atoms with Gasteiger partial charge in [0.1, 0.15) is 18.5 Å². The van der Waals surface area contributed by atoms with Crippen molar-refractivity contribution in [3.8, 4) is 11.3 Å². The maximum Gasteiger partial charge on any atom is 0.253 e. The van der Waals surface area contributed by atoms with Crippen molar-refractivity contribution in [1.29, 1.82) is 0 Å². The van der Waals surface area contributed by atoms with Gasteiger partial charge in [0.15, 0.2) is 22.9 Å². The standard InChI is InChI=1S/C32H40FN5O4S/c1-4-20(2)24-16-38(28-27(40)17-42-29(24)28)32(19-39,22-7-5-6-8-22)35-30(41)21-9-10-23(25(33)15-21)26-18-43-31(34-26)37-13-11-36(3)12-14-37/h4,9-10,15,18-19,22,24,28-29H,5-8,11-14,16-17H2,1-3H3,(H,35,41). The van der Waals surface area contributed by atoms with Crippen LogP contribution in [0.3, 0.4) is 0 Å². The van der Waals surface area contributed by atoms with Crippen LogP contribution in [0.4, 0.5) is 9.52 Å². The van der Waals surface area contributed by atoms with Crippen LogP contribution in [0, 0.1) is 17.7 Å². The van der Waals surface area contributed by atoms with Crippen molar-refractivity contribution in [2.75, 3.05) is 51.3 Å². The Morgan fingerprint density at radius 2 is 1.95 bits per heavy atom. The molecule has 11 heteroatoms. The number of halogens is 1. The van der Waals surface area contributed by atoms with Crippen molar-refractivity contribution in [1.82, 2.24) is 20.1 Å².